The predicted octanol–water partition coefficient (Wildman–Crippen LogP) is 0.435. The van der Waals surface area contributed by atoms with Gasteiger partial charge in [0.05, 0.1) is 11.5 Å². The number of rotatable bonds is 3. The van der Waals surface area contributed by atoms with Crippen LogP contribution in [-0.4, -0.2) is 55.9 Å². The summed E-state index contributed by atoms with van der Waals surface area (Å²) in [4.78, 5) is 25.7. The fourth-order valence-electron chi connectivity index (χ4n) is 2.32. The van der Waals surface area contributed by atoms with Crippen LogP contribution < -0.4 is 10.6 Å². The molecule has 24 heavy (non-hydrogen) atoms. The number of hydrogen-bond acceptors (Lipinski definition) is 4. The van der Waals surface area contributed by atoms with Crippen molar-refractivity contribution < 1.29 is 18.0 Å². The molecule has 0 aliphatic carbocycles. The Morgan fingerprint density at radius 1 is 1.29 bits per heavy atom. The van der Waals surface area contributed by atoms with Crippen molar-refractivity contribution in [3.63, 3.8) is 0 Å². The van der Waals surface area contributed by atoms with Gasteiger partial charge < -0.3 is 15.5 Å². The van der Waals surface area contributed by atoms with Gasteiger partial charge in [-0.15, -0.1) is 6.42 Å². The number of amides is 3. The van der Waals surface area contributed by atoms with E-state index in [4.69, 9.17) is 6.42 Å². The summed E-state index contributed by atoms with van der Waals surface area (Å²) in [6, 6.07) is 5.48. The SMILES string of the molecule is C#Cc1cccc(NC(=O)N[C@H](C)C(=O)N2CCS(=O)(=O)CC2)c1. The van der Waals surface area contributed by atoms with Gasteiger partial charge in [-0.25, -0.2) is 13.2 Å². The van der Waals surface area contributed by atoms with Crippen LogP contribution in [0.15, 0.2) is 24.3 Å². The number of benzene rings is 1. The van der Waals surface area contributed by atoms with Crippen molar-refractivity contribution in [3.05, 3.63) is 29.8 Å². The molecule has 1 atom stereocenters. The third-order valence-electron chi connectivity index (χ3n) is 3.66. The molecule has 1 saturated heterocycles. The van der Waals surface area contributed by atoms with Crippen molar-refractivity contribution in [1.82, 2.24) is 10.2 Å². The maximum absolute atomic E-state index is 12.3. The van der Waals surface area contributed by atoms with E-state index >= 15 is 0 Å². The number of nitrogens with one attached hydrogen (secondary N) is 2. The zero-order valence-electron chi connectivity index (χ0n) is 13.3. The summed E-state index contributed by atoms with van der Waals surface area (Å²) in [5.41, 5.74) is 1.15. The Balaban J connectivity index is 1.89. The molecule has 0 bridgehead atoms. The van der Waals surface area contributed by atoms with E-state index in [2.05, 4.69) is 16.6 Å². The van der Waals surface area contributed by atoms with Crippen molar-refractivity contribution in [2.24, 2.45) is 0 Å². The molecular formula is C16H19N3O4S. The maximum atomic E-state index is 12.3. The molecular weight excluding hydrogens is 330 g/mol. The van der Waals surface area contributed by atoms with Crippen molar-refractivity contribution in [1.29, 1.82) is 0 Å². The van der Waals surface area contributed by atoms with E-state index in [0.29, 0.717) is 11.3 Å². The van der Waals surface area contributed by atoms with E-state index in [1.54, 1.807) is 31.2 Å². The standard InChI is InChI=1S/C16H19N3O4S/c1-3-13-5-4-6-14(11-13)18-16(21)17-12(2)15(20)19-7-9-24(22,23)10-8-19/h1,4-6,11-12H,7-10H2,2H3,(H2,17,18,21)/t12-/m1/s1. The Bertz CT molecular complexity index is 769. The third-order valence-corrected chi connectivity index (χ3v) is 5.27. The van der Waals surface area contributed by atoms with E-state index in [-0.39, 0.29) is 30.5 Å². The highest BCUT2D eigenvalue weighted by atomic mass is 32.2. The van der Waals surface area contributed by atoms with Crippen LogP contribution in [0.3, 0.4) is 0 Å². The zero-order chi connectivity index (χ0) is 17.7. The van der Waals surface area contributed by atoms with Crippen molar-refractivity contribution in [2.75, 3.05) is 29.9 Å². The lowest BCUT2D eigenvalue weighted by Crippen LogP contribution is -2.52. The Morgan fingerprint density at radius 2 is 1.96 bits per heavy atom. The van der Waals surface area contributed by atoms with Gasteiger partial charge in [0.2, 0.25) is 5.91 Å². The summed E-state index contributed by atoms with van der Waals surface area (Å²) >= 11 is 0. The summed E-state index contributed by atoms with van der Waals surface area (Å²) in [5.74, 6) is 2.07. The first-order valence-electron chi connectivity index (χ1n) is 7.44. The molecule has 3 amide bonds. The molecule has 0 unspecified atom stereocenters. The maximum Gasteiger partial charge on any atom is 0.319 e. The molecule has 2 N–H and O–H groups in total. The van der Waals surface area contributed by atoms with Gasteiger partial charge in [-0.2, -0.15) is 0 Å². The highest BCUT2D eigenvalue weighted by molar-refractivity contribution is 7.91. The lowest BCUT2D eigenvalue weighted by Gasteiger charge is -2.29. The van der Waals surface area contributed by atoms with E-state index in [1.165, 1.54) is 4.90 Å². The van der Waals surface area contributed by atoms with Gasteiger partial charge in [-0.3, -0.25) is 4.79 Å². The van der Waals surface area contributed by atoms with Crippen LogP contribution in [0.25, 0.3) is 0 Å². The van der Waals surface area contributed by atoms with Gasteiger partial charge in [-0.05, 0) is 25.1 Å². The molecule has 128 valence electrons. The quantitative estimate of drug-likeness (QED) is 0.774. The number of urea groups is 1. The van der Waals surface area contributed by atoms with Crippen LogP contribution in [0.4, 0.5) is 10.5 Å². The number of carbonyl (C=O) groups excluding carboxylic acids is 2. The van der Waals surface area contributed by atoms with Gasteiger partial charge in [0.25, 0.3) is 0 Å². The summed E-state index contributed by atoms with van der Waals surface area (Å²) in [6.07, 6.45) is 5.30. The molecule has 1 aliphatic rings. The molecule has 1 aliphatic heterocycles. The number of anilines is 1. The first-order valence-corrected chi connectivity index (χ1v) is 9.26. The van der Waals surface area contributed by atoms with Crippen LogP contribution in [0.5, 0.6) is 0 Å². The van der Waals surface area contributed by atoms with Gasteiger partial charge in [0.1, 0.15) is 6.04 Å². The van der Waals surface area contributed by atoms with Crippen molar-refractivity contribution >= 4 is 27.5 Å². The lowest BCUT2D eigenvalue weighted by atomic mass is 10.2. The molecule has 0 radical (unpaired) electrons. The van der Waals surface area contributed by atoms with Crippen molar-refractivity contribution in [3.8, 4) is 12.3 Å². The first kappa shape index (κ1) is 17.8. The number of hydrogen-bond donors (Lipinski definition) is 2. The molecule has 1 aromatic carbocycles. The Hall–Kier alpha value is -2.53. The molecule has 2 rings (SSSR count). The van der Waals surface area contributed by atoms with Crippen LogP contribution in [0.2, 0.25) is 0 Å². The summed E-state index contributed by atoms with van der Waals surface area (Å²) < 4.78 is 22.8. The molecule has 0 aromatic heterocycles. The van der Waals surface area contributed by atoms with E-state index in [1.807, 2.05) is 0 Å². The molecule has 0 spiro atoms. The van der Waals surface area contributed by atoms with Gasteiger partial charge in [-0.1, -0.05) is 12.0 Å². The topological polar surface area (TPSA) is 95.6 Å². The average Bonchev–Trinajstić information content (AvgIpc) is 2.54. The second-order valence-electron chi connectivity index (χ2n) is 5.52. The second-order valence-corrected chi connectivity index (χ2v) is 7.83. The number of carbonyl (C=O) groups is 2. The van der Waals surface area contributed by atoms with Crippen molar-refractivity contribution in [2.45, 2.75) is 13.0 Å². The summed E-state index contributed by atoms with van der Waals surface area (Å²) in [7, 11) is -3.05. The average molecular weight is 349 g/mol. The molecule has 7 nitrogen and oxygen atoms in total. The Labute approximate surface area is 141 Å². The van der Waals surface area contributed by atoms with E-state index < -0.39 is 21.9 Å². The number of terminal acetylenes is 1. The highest BCUT2D eigenvalue weighted by Gasteiger charge is 2.28. The second kappa shape index (κ2) is 7.36. The minimum absolute atomic E-state index is 0.0451. The fraction of sp³-hybridized carbons (Fsp3) is 0.375. The van der Waals surface area contributed by atoms with E-state index in [9.17, 15) is 18.0 Å². The van der Waals surface area contributed by atoms with E-state index in [0.717, 1.165) is 0 Å². The Kier molecular flexibility index (Phi) is 5.46. The largest absolute Gasteiger partial charge is 0.339 e. The number of nitrogens with zero attached hydrogens (tertiary/aromatic N) is 1. The predicted molar refractivity (Wildman–Crippen MR) is 91.2 cm³/mol. The molecule has 1 fully saturated rings. The third kappa shape index (κ3) is 4.73. The summed E-state index contributed by atoms with van der Waals surface area (Å²) in [5, 5.41) is 5.15. The smallest absolute Gasteiger partial charge is 0.319 e. The zero-order valence-corrected chi connectivity index (χ0v) is 14.1. The highest BCUT2D eigenvalue weighted by Crippen LogP contribution is 2.10. The van der Waals surface area contributed by atoms with Crippen LogP contribution in [-0.2, 0) is 14.6 Å². The Morgan fingerprint density at radius 3 is 2.58 bits per heavy atom. The molecule has 1 aromatic rings. The molecule has 0 saturated carbocycles. The van der Waals surface area contributed by atoms with Crippen LogP contribution >= 0.6 is 0 Å². The summed E-state index contributed by atoms with van der Waals surface area (Å²) in [6.45, 7) is 1.86. The van der Waals surface area contributed by atoms with Gasteiger partial charge in [0, 0.05) is 24.3 Å². The lowest BCUT2D eigenvalue weighted by molar-refractivity contribution is -0.132. The molecule has 1 heterocycles. The number of sulfone groups is 1. The molecule has 8 heteroatoms. The monoisotopic (exact) mass is 349 g/mol. The van der Waals surface area contributed by atoms with Crippen LogP contribution in [0.1, 0.15) is 12.5 Å². The fourth-order valence-corrected chi connectivity index (χ4v) is 3.52. The minimum Gasteiger partial charge on any atom is -0.339 e. The van der Waals surface area contributed by atoms with Gasteiger partial charge >= 0.3 is 6.03 Å². The van der Waals surface area contributed by atoms with Crippen LogP contribution in [0, 0.1) is 12.3 Å². The normalized spacial score (nSPS) is 17.4. The minimum atomic E-state index is -3.05. The van der Waals surface area contributed by atoms with Gasteiger partial charge in [0.15, 0.2) is 9.84 Å². The first-order chi connectivity index (χ1) is 11.3.